The molecule has 1 saturated carbocycles. The Hall–Kier alpha value is -0.900. The third kappa shape index (κ3) is 1.91. The summed E-state index contributed by atoms with van der Waals surface area (Å²) in [5, 5.41) is 1.12. The van der Waals surface area contributed by atoms with Crippen molar-refractivity contribution in [2.45, 2.75) is 38.5 Å². The Bertz CT molecular complexity index is 380. The predicted molar refractivity (Wildman–Crippen MR) is 60.8 cm³/mol. The van der Waals surface area contributed by atoms with Gasteiger partial charge in [-0.05, 0) is 18.8 Å². The number of nitrogens with zero attached hydrogens (tertiary/aromatic N) is 1. The number of primary amides is 1. The second-order valence-electron chi connectivity index (χ2n) is 4.66. The minimum absolute atomic E-state index is 0.192. The van der Waals surface area contributed by atoms with Crippen LogP contribution in [0.4, 0.5) is 0 Å². The quantitative estimate of drug-likeness (QED) is 0.848. The number of amides is 1. The second kappa shape index (κ2) is 3.59. The first-order valence-electron chi connectivity index (χ1n) is 5.30. The molecule has 0 unspecified atom stereocenters. The summed E-state index contributed by atoms with van der Waals surface area (Å²) in [5.74, 6) is 0.412. The van der Waals surface area contributed by atoms with Crippen molar-refractivity contribution in [3.8, 4) is 0 Å². The van der Waals surface area contributed by atoms with Crippen LogP contribution < -0.4 is 5.73 Å². The van der Waals surface area contributed by atoms with Gasteiger partial charge in [-0.1, -0.05) is 13.8 Å². The molecule has 0 radical (unpaired) electrons. The molecular weight excluding hydrogens is 208 g/mol. The summed E-state index contributed by atoms with van der Waals surface area (Å²) >= 11 is 1.65. The fraction of sp³-hybridized carbons (Fsp3) is 0.636. The fourth-order valence-corrected chi connectivity index (χ4v) is 3.10. The molecule has 82 valence electrons. The van der Waals surface area contributed by atoms with Crippen molar-refractivity contribution in [1.29, 1.82) is 0 Å². The first kappa shape index (κ1) is 10.6. The lowest BCUT2D eigenvalue weighted by Gasteiger charge is -2.05. The van der Waals surface area contributed by atoms with Gasteiger partial charge in [-0.25, -0.2) is 4.98 Å². The van der Waals surface area contributed by atoms with Gasteiger partial charge in [0.1, 0.15) is 0 Å². The zero-order valence-electron chi connectivity index (χ0n) is 9.12. The molecule has 0 spiro atoms. The Morgan fingerprint density at radius 2 is 2.33 bits per heavy atom. The van der Waals surface area contributed by atoms with Crippen LogP contribution in [-0.2, 0) is 16.6 Å². The van der Waals surface area contributed by atoms with Crippen molar-refractivity contribution in [3.63, 3.8) is 0 Å². The highest BCUT2D eigenvalue weighted by molar-refractivity contribution is 7.12. The summed E-state index contributed by atoms with van der Waals surface area (Å²) in [5.41, 5.74) is 5.06. The smallest absolute Gasteiger partial charge is 0.228 e. The zero-order chi connectivity index (χ0) is 11.1. The van der Waals surface area contributed by atoms with Gasteiger partial charge < -0.3 is 5.73 Å². The van der Waals surface area contributed by atoms with Crippen molar-refractivity contribution in [2.75, 3.05) is 0 Å². The van der Waals surface area contributed by atoms with Gasteiger partial charge >= 0.3 is 0 Å². The number of carbonyl (C=O) groups excluding carboxylic acids is 1. The highest BCUT2D eigenvalue weighted by Crippen LogP contribution is 2.49. The molecule has 0 atom stereocenters. The molecule has 1 amide bonds. The number of carbonyl (C=O) groups is 1. The summed E-state index contributed by atoms with van der Waals surface area (Å²) < 4.78 is 0. The van der Waals surface area contributed by atoms with Gasteiger partial charge in [0.2, 0.25) is 5.91 Å². The molecule has 0 aliphatic heterocycles. The van der Waals surface area contributed by atoms with Crippen LogP contribution in [-0.4, -0.2) is 10.9 Å². The van der Waals surface area contributed by atoms with Crippen LogP contribution in [0.2, 0.25) is 0 Å². The third-order valence-corrected chi connectivity index (χ3v) is 4.05. The van der Waals surface area contributed by atoms with E-state index in [9.17, 15) is 4.79 Å². The maximum Gasteiger partial charge on any atom is 0.228 e. The van der Waals surface area contributed by atoms with Crippen molar-refractivity contribution in [1.82, 2.24) is 4.98 Å². The Balaban J connectivity index is 2.17. The predicted octanol–water partition coefficient (Wildman–Crippen LogP) is 1.86. The zero-order valence-corrected chi connectivity index (χ0v) is 9.93. The first-order valence-corrected chi connectivity index (χ1v) is 6.11. The molecule has 0 saturated heterocycles. The van der Waals surface area contributed by atoms with Crippen molar-refractivity contribution in [3.05, 3.63) is 16.1 Å². The molecule has 0 aromatic carbocycles. The molecule has 2 rings (SSSR count). The van der Waals surface area contributed by atoms with Gasteiger partial charge in [0.05, 0.1) is 10.4 Å². The molecule has 3 nitrogen and oxygen atoms in total. The van der Waals surface area contributed by atoms with Gasteiger partial charge in [-0.2, -0.15) is 0 Å². The van der Waals surface area contributed by atoms with E-state index in [0.717, 1.165) is 29.1 Å². The SMILES string of the molecule is CC(C)Cc1ncc(C2(C(N)=O)CC2)s1. The summed E-state index contributed by atoms with van der Waals surface area (Å²) in [6, 6.07) is 0. The van der Waals surface area contributed by atoms with Gasteiger partial charge in [0, 0.05) is 17.5 Å². The van der Waals surface area contributed by atoms with Crippen LogP contribution in [0.15, 0.2) is 6.20 Å². The van der Waals surface area contributed by atoms with Crippen LogP contribution in [0.25, 0.3) is 0 Å². The summed E-state index contributed by atoms with van der Waals surface area (Å²) in [4.78, 5) is 16.7. The molecule has 4 heteroatoms. The molecule has 2 N–H and O–H groups in total. The van der Waals surface area contributed by atoms with Gasteiger partial charge in [-0.15, -0.1) is 11.3 Å². The molecule has 1 aliphatic rings. The van der Waals surface area contributed by atoms with Gasteiger partial charge in [0.25, 0.3) is 0 Å². The molecule has 0 bridgehead atoms. The maximum absolute atomic E-state index is 11.3. The van der Waals surface area contributed by atoms with E-state index in [-0.39, 0.29) is 11.3 Å². The lowest BCUT2D eigenvalue weighted by Crippen LogP contribution is -2.27. The topological polar surface area (TPSA) is 56.0 Å². The Labute approximate surface area is 93.7 Å². The molecule has 1 fully saturated rings. The largest absolute Gasteiger partial charge is 0.369 e. The third-order valence-electron chi connectivity index (χ3n) is 2.83. The molecule has 15 heavy (non-hydrogen) atoms. The van der Waals surface area contributed by atoms with E-state index in [1.165, 1.54) is 0 Å². The average molecular weight is 224 g/mol. The average Bonchev–Trinajstić information content (AvgIpc) is 2.83. The summed E-state index contributed by atoms with van der Waals surface area (Å²) in [6.07, 6.45) is 4.61. The summed E-state index contributed by atoms with van der Waals surface area (Å²) in [6.45, 7) is 4.34. The van der Waals surface area contributed by atoms with Crippen LogP contribution in [0, 0.1) is 5.92 Å². The minimum atomic E-state index is -0.354. The van der Waals surface area contributed by atoms with E-state index in [1.54, 1.807) is 11.3 Å². The Morgan fingerprint density at radius 3 is 2.80 bits per heavy atom. The second-order valence-corrected chi connectivity index (χ2v) is 5.78. The van der Waals surface area contributed by atoms with Crippen molar-refractivity contribution in [2.24, 2.45) is 11.7 Å². The molecule has 1 aromatic heterocycles. The maximum atomic E-state index is 11.3. The van der Waals surface area contributed by atoms with Crippen LogP contribution in [0.5, 0.6) is 0 Å². The van der Waals surface area contributed by atoms with E-state index in [2.05, 4.69) is 18.8 Å². The number of rotatable bonds is 4. The molecule has 1 aliphatic carbocycles. The Morgan fingerprint density at radius 1 is 1.67 bits per heavy atom. The normalized spacial score (nSPS) is 18.1. The van der Waals surface area contributed by atoms with Crippen LogP contribution in [0.1, 0.15) is 36.6 Å². The molecular formula is C11H16N2OS. The van der Waals surface area contributed by atoms with E-state index in [4.69, 9.17) is 5.73 Å². The number of hydrogen-bond donors (Lipinski definition) is 1. The highest BCUT2D eigenvalue weighted by Gasteiger charge is 2.51. The van der Waals surface area contributed by atoms with Crippen LogP contribution in [0.3, 0.4) is 0 Å². The lowest BCUT2D eigenvalue weighted by molar-refractivity contribution is -0.120. The standard InChI is InChI=1S/C11H16N2OS/c1-7(2)5-9-13-6-8(15-9)11(3-4-11)10(12)14/h6-7H,3-5H2,1-2H3,(H2,12,14). The van der Waals surface area contributed by atoms with Gasteiger partial charge in [0.15, 0.2) is 0 Å². The van der Waals surface area contributed by atoms with E-state index in [0.29, 0.717) is 5.92 Å². The minimum Gasteiger partial charge on any atom is -0.369 e. The first-order chi connectivity index (χ1) is 7.04. The monoisotopic (exact) mass is 224 g/mol. The number of nitrogens with two attached hydrogens (primary N) is 1. The van der Waals surface area contributed by atoms with Crippen LogP contribution >= 0.6 is 11.3 Å². The van der Waals surface area contributed by atoms with E-state index in [1.807, 2.05) is 6.20 Å². The number of thiazole rings is 1. The fourth-order valence-electron chi connectivity index (χ4n) is 1.71. The van der Waals surface area contributed by atoms with Crippen molar-refractivity contribution < 1.29 is 4.79 Å². The number of aromatic nitrogens is 1. The molecule has 1 heterocycles. The highest BCUT2D eigenvalue weighted by atomic mass is 32.1. The van der Waals surface area contributed by atoms with E-state index >= 15 is 0 Å². The van der Waals surface area contributed by atoms with Crippen molar-refractivity contribution >= 4 is 17.2 Å². The van der Waals surface area contributed by atoms with E-state index < -0.39 is 0 Å². The lowest BCUT2D eigenvalue weighted by atomic mass is 10.1. The number of hydrogen-bond acceptors (Lipinski definition) is 3. The van der Waals surface area contributed by atoms with Gasteiger partial charge in [-0.3, -0.25) is 4.79 Å². The Kier molecular flexibility index (Phi) is 2.54. The molecule has 1 aromatic rings. The summed E-state index contributed by atoms with van der Waals surface area (Å²) in [7, 11) is 0.